The van der Waals surface area contributed by atoms with Crippen LogP contribution in [0.2, 0.25) is 0 Å². The van der Waals surface area contributed by atoms with E-state index in [9.17, 15) is 4.79 Å². The normalized spacial score (nSPS) is 18.0. The summed E-state index contributed by atoms with van der Waals surface area (Å²) in [5, 5.41) is 3.42. The molecule has 1 saturated carbocycles. The van der Waals surface area contributed by atoms with E-state index in [1.807, 2.05) is 37.8 Å². The lowest BCUT2D eigenvalue weighted by Gasteiger charge is -2.40. The summed E-state index contributed by atoms with van der Waals surface area (Å²) in [5.74, 6) is 2.11. The van der Waals surface area contributed by atoms with Crippen molar-refractivity contribution in [2.75, 3.05) is 33.8 Å². The Morgan fingerprint density at radius 3 is 2.58 bits per heavy atom. The number of methoxy groups -OCH3 is 1. The molecule has 1 aliphatic heterocycles. The Balaban J connectivity index is 1.56. The maximum atomic E-state index is 12.8. The van der Waals surface area contributed by atoms with E-state index in [0.29, 0.717) is 18.3 Å². The van der Waals surface area contributed by atoms with Gasteiger partial charge in [-0.25, -0.2) is 9.78 Å². The van der Waals surface area contributed by atoms with Crippen molar-refractivity contribution >= 4 is 12.1 Å². The van der Waals surface area contributed by atoms with Gasteiger partial charge >= 0.3 is 6.09 Å². The SMILES string of the molecule is CN=C(NCc1cccnc1OC)N1CCC(N(CC2CC2)C(=O)OC(C)(C)C)CC1. The van der Waals surface area contributed by atoms with Crippen molar-refractivity contribution in [2.24, 2.45) is 10.9 Å². The summed E-state index contributed by atoms with van der Waals surface area (Å²) >= 11 is 0. The average molecular weight is 432 g/mol. The Hall–Kier alpha value is -2.51. The number of hydrogen-bond acceptors (Lipinski definition) is 5. The van der Waals surface area contributed by atoms with Gasteiger partial charge in [0.05, 0.1) is 7.11 Å². The number of hydrogen-bond donors (Lipinski definition) is 1. The molecule has 31 heavy (non-hydrogen) atoms. The van der Waals surface area contributed by atoms with Crippen LogP contribution in [-0.4, -0.2) is 72.3 Å². The van der Waals surface area contributed by atoms with Crippen molar-refractivity contribution in [3.8, 4) is 5.88 Å². The predicted octanol–water partition coefficient (Wildman–Crippen LogP) is 3.28. The predicted molar refractivity (Wildman–Crippen MR) is 121 cm³/mol. The third kappa shape index (κ3) is 6.74. The number of piperidine rings is 1. The molecule has 1 N–H and O–H groups in total. The van der Waals surface area contributed by atoms with Gasteiger partial charge in [-0.1, -0.05) is 6.07 Å². The van der Waals surface area contributed by atoms with Crippen LogP contribution in [0.15, 0.2) is 23.3 Å². The molecule has 1 amide bonds. The quantitative estimate of drug-likeness (QED) is 0.550. The van der Waals surface area contributed by atoms with Crippen molar-refractivity contribution in [1.82, 2.24) is 20.1 Å². The summed E-state index contributed by atoms with van der Waals surface area (Å²) in [4.78, 5) is 25.8. The second kappa shape index (κ2) is 10.2. The molecule has 0 radical (unpaired) electrons. The molecule has 1 saturated heterocycles. The topological polar surface area (TPSA) is 79.3 Å². The minimum Gasteiger partial charge on any atom is -0.481 e. The minimum absolute atomic E-state index is 0.177. The van der Waals surface area contributed by atoms with Crippen LogP contribution in [0.3, 0.4) is 0 Å². The molecular formula is C23H37N5O3. The molecule has 8 heteroatoms. The number of nitrogens with zero attached hydrogens (tertiary/aromatic N) is 4. The van der Waals surface area contributed by atoms with E-state index >= 15 is 0 Å². The van der Waals surface area contributed by atoms with Crippen LogP contribution in [0.1, 0.15) is 52.0 Å². The maximum absolute atomic E-state index is 12.8. The molecule has 1 aromatic rings. The van der Waals surface area contributed by atoms with Crippen LogP contribution in [0.25, 0.3) is 0 Å². The van der Waals surface area contributed by atoms with Crippen molar-refractivity contribution in [3.05, 3.63) is 23.9 Å². The van der Waals surface area contributed by atoms with Gasteiger partial charge in [-0.15, -0.1) is 0 Å². The van der Waals surface area contributed by atoms with Crippen LogP contribution in [0, 0.1) is 5.92 Å². The van der Waals surface area contributed by atoms with Gasteiger partial charge in [0.1, 0.15) is 5.60 Å². The average Bonchev–Trinajstić information content (AvgIpc) is 3.56. The van der Waals surface area contributed by atoms with Crippen molar-refractivity contribution < 1.29 is 14.3 Å². The standard InChI is InChI=1S/C23H37N5O3/c1-23(2,3)31-22(29)28(16-17-8-9-17)19-10-13-27(14-11-19)21(24-4)26-15-18-7-6-12-25-20(18)30-5/h6-7,12,17,19H,8-11,13-16H2,1-5H3,(H,24,26). The number of ether oxygens (including phenoxy) is 2. The Morgan fingerprint density at radius 1 is 1.29 bits per heavy atom. The number of rotatable bonds is 6. The monoisotopic (exact) mass is 431 g/mol. The lowest BCUT2D eigenvalue weighted by molar-refractivity contribution is 0.00928. The summed E-state index contributed by atoms with van der Waals surface area (Å²) in [6.45, 7) is 8.88. The largest absolute Gasteiger partial charge is 0.481 e. The number of amides is 1. The van der Waals surface area contributed by atoms with Crippen LogP contribution >= 0.6 is 0 Å². The summed E-state index contributed by atoms with van der Waals surface area (Å²) in [7, 11) is 3.43. The molecule has 172 valence electrons. The first-order valence-corrected chi connectivity index (χ1v) is 11.2. The molecule has 0 unspecified atom stereocenters. The molecule has 2 heterocycles. The first kappa shape index (κ1) is 23.2. The van der Waals surface area contributed by atoms with Crippen LogP contribution < -0.4 is 10.1 Å². The first-order chi connectivity index (χ1) is 14.8. The number of pyridine rings is 1. The fourth-order valence-electron chi connectivity index (χ4n) is 3.91. The van der Waals surface area contributed by atoms with Crippen LogP contribution in [0.4, 0.5) is 4.79 Å². The van der Waals surface area contributed by atoms with E-state index in [1.54, 1.807) is 20.4 Å². The Labute approximate surface area is 186 Å². The van der Waals surface area contributed by atoms with Crippen LogP contribution in [-0.2, 0) is 11.3 Å². The van der Waals surface area contributed by atoms with Gasteiger partial charge in [0.15, 0.2) is 5.96 Å². The second-order valence-corrected chi connectivity index (χ2v) is 9.37. The molecule has 0 spiro atoms. The highest BCUT2D eigenvalue weighted by atomic mass is 16.6. The van der Waals surface area contributed by atoms with Gasteiger partial charge in [0.25, 0.3) is 0 Å². The Morgan fingerprint density at radius 2 is 2.00 bits per heavy atom. The molecule has 0 bridgehead atoms. The molecule has 0 atom stereocenters. The van der Waals surface area contributed by atoms with Crippen LogP contribution in [0.5, 0.6) is 5.88 Å². The zero-order chi connectivity index (χ0) is 22.4. The first-order valence-electron chi connectivity index (χ1n) is 11.2. The lowest BCUT2D eigenvalue weighted by atomic mass is 10.0. The van der Waals surface area contributed by atoms with E-state index in [1.165, 1.54) is 12.8 Å². The second-order valence-electron chi connectivity index (χ2n) is 9.37. The van der Waals surface area contributed by atoms with E-state index in [0.717, 1.165) is 44.0 Å². The van der Waals surface area contributed by atoms with Gasteiger partial charge in [0.2, 0.25) is 5.88 Å². The van der Waals surface area contributed by atoms with Gasteiger partial charge in [-0.05, 0) is 58.4 Å². The number of carbonyl (C=O) groups is 1. The number of guanidine groups is 1. The molecule has 1 aromatic heterocycles. The molecule has 8 nitrogen and oxygen atoms in total. The number of aliphatic imine (C=N–C) groups is 1. The highest BCUT2D eigenvalue weighted by Gasteiger charge is 2.35. The minimum atomic E-state index is -0.473. The Kier molecular flexibility index (Phi) is 7.62. The molecule has 3 rings (SSSR count). The smallest absolute Gasteiger partial charge is 0.410 e. The van der Waals surface area contributed by atoms with Crippen molar-refractivity contribution in [2.45, 2.75) is 64.6 Å². The van der Waals surface area contributed by atoms with Gasteiger partial charge in [0, 0.05) is 51.0 Å². The molecule has 1 aliphatic carbocycles. The fraction of sp³-hybridized carbons (Fsp3) is 0.696. The maximum Gasteiger partial charge on any atom is 0.410 e. The van der Waals surface area contributed by atoms with E-state index in [2.05, 4.69) is 20.2 Å². The highest BCUT2D eigenvalue weighted by molar-refractivity contribution is 5.80. The fourth-order valence-corrected chi connectivity index (χ4v) is 3.91. The molecule has 0 aromatic carbocycles. The van der Waals surface area contributed by atoms with E-state index < -0.39 is 5.60 Å². The van der Waals surface area contributed by atoms with Gasteiger partial charge in [-0.2, -0.15) is 0 Å². The van der Waals surface area contributed by atoms with Crippen molar-refractivity contribution in [1.29, 1.82) is 0 Å². The number of likely N-dealkylation sites (tertiary alicyclic amines) is 1. The summed E-state index contributed by atoms with van der Waals surface area (Å²) in [5.41, 5.74) is 0.514. The number of aromatic nitrogens is 1. The lowest BCUT2D eigenvalue weighted by Crippen LogP contribution is -2.52. The third-order valence-corrected chi connectivity index (χ3v) is 5.68. The van der Waals surface area contributed by atoms with E-state index in [4.69, 9.17) is 9.47 Å². The van der Waals surface area contributed by atoms with E-state index in [-0.39, 0.29) is 12.1 Å². The number of carbonyl (C=O) groups excluding carboxylic acids is 1. The molecule has 2 fully saturated rings. The van der Waals surface area contributed by atoms with Crippen molar-refractivity contribution in [3.63, 3.8) is 0 Å². The Bertz CT molecular complexity index is 765. The summed E-state index contributed by atoms with van der Waals surface area (Å²) in [6.07, 6.45) is 5.79. The molecule has 2 aliphatic rings. The number of nitrogens with one attached hydrogen (secondary N) is 1. The molecular weight excluding hydrogens is 394 g/mol. The zero-order valence-corrected chi connectivity index (χ0v) is 19.6. The highest BCUT2D eigenvalue weighted by Crippen LogP contribution is 2.32. The summed E-state index contributed by atoms with van der Waals surface area (Å²) in [6, 6.07) is 4.11. The zero-order valence-electron chi connectivity index (χ0n) is 19.6. The van der Waals surface area contributed by atoms with Gasteiger partial charge < -0.3 is 24.6 Å². The third-order valence-electron chi connectivity index (χ3n) is 5.68. The summed E-state index contributed by atoms with van der Waals surface area (Å²) < 4.78 is 11.0. The van der Waals surface area contributed by atoms with Gasteiger partial charge in [-0.3, -0.25) is 4.99 Å².